The molecule has 4 N–H and O–H groups in total. The molecule has 0 saturated carbocycles. The van der Waals surface area contributed by atoms with Gasteiger partial charge in [0.15, 0.2) is 5.82 Å². The minimum atomic E-state index is -1.11. The van der Waals surface area contributed by atoms with E-state index in [0.29, 0.717) is 12.8 Å². The molecule has 42 heavy (non-hydrogen) atoms. The van der Waals surface area contributed by atoms with Crippen molar-refractivity contribution in [2.75, 3.05) is 35.8 Å². The largest absolute Gasteiger partial charge is 0.466 e. The van der Waals surface area contributed by atoms with Gasteiger partial charge in [-0.3, -0.25) is 24.3 Å². The van der Waals surface area contributed by atoms with Gasteiger partial charge in [0.2, 0.25) is 5.95 Å². The van der Waals surface area contributed by atoms with Crippen molar-refractivity contribution in [1.29, 1.82) is 0 Å². The number of anilines is 3. The van der Waals surface area contributed by atoms with Crippen LogP contribution in [0.25, 0.3) is 0 Å². The lowest BCUT2D eigenvalue weighted by molar-refractivity contribution is -0.179. The molecular formula is C31H51N5O6. The van der Waals surface area contributed by atoms with Crippen LogP contribution in [0.2, 0.25) is 0 Å². The first-order valence-corrected chi connectivity index (χ1v) is 15.5. The van der Waals surface area contributed by atoms with Gasteiger partial charge < -0.3 is 25.3 Å². The van der Waals surface area contributed by atoms with Gasteiger partial charge in [-0.15, -0.1) is 13.2 Å². The second-order valence-corrected chi connectivity index (χ2v) is 10.6. The average Bonchev–Trinajstić information content (AvgIpc) is 3.39. The number of H-pyrrole nitrogens is 1. The fraction of sp³-hybridized carbons (Fsp3) is 0.677. The number of hydrogen-bond acceptors (Lipinski definition) is 10. The van der Waals surface area contributed by atoms with Gasteiger partial charge in [-0.1, -0.05) is 63.5 Å². The Kier molecular flexibility index (Phi) is 17.7. The van der Waals surface area contributed by atoms with Crippen LogP contribution in [0, 0.1) is 0 Å². The maximum Gasteiger partial charge on any atom is 0.309 e. The van der Waals surface area contributed by atoms with Crippen molar-refractivity contribution in [1.82, 2.24) is 9.97 Å². The zero-order valence-corrected chi connectivity index (χ0v) is 25.2. The molecule has 11 heteroatoms. The Bertz CT molecular complexity index is 1010. The number of nitrogens with two attached hydrogens (primary N) is 1. The molecule has 0 amide bonds. The Balaban J connectivity index is 1.75. The third-order valence-corrected chi connectivity index (χ3v) is 6.99. The lowest BCUT2D eigenvalue weighted by atomic mass is 10.1. The summed E-state index contributed by atoms with van der Waals surface area (Å²) in [6.07, 6.45) is 18.6. The normalized spacial score (nSPS) is 12.8. The highest BCUT2D eigenvalue weighted by molar-refractivity contribution is 5.73. The predicted molar refractivity (Wildman–Crippen MR) is 166 cm³/mol. The van der Waals surface area contributed by atoms with Crippen molar-refractivity contribution < 1.29 is 23.8 Å². The van der Waals surface area contributed by atoms with E-state index in [1.807, 2.05) is 12.2 Å². The highest BCUT2D eigenvalue weighted by Gasteiger charge is 2.32. The van der Waals surface area contributed by atoms with E-state index in [4.69, 9.17) is 19.9 Å². The molecule has 0 radical (unpaired) electrons. The topological polar surface area (TPSA) is 149 Å². The SMILES string of the molecule is C=CCCCCCCCCC(=O)OCCCOC(OC(=O)CCCCCCCCC=C)N1CNc2c1nc(N)[nH]c2=O. The molecule has 1 aromatic heterocycles. The monoisotopic (exact) mass is 589 g/mol. The molecule has 0 saturated heterocycles. The van der Waals surface area contributed by atoms with Crippen LogP contribution in [0.3, 0.4) is 0 Å². The first-order valence-electron chi connectivity index (χ1n) is 15.5. The fourth-order valence-corrected chi connectivity index (χ4v) is 4.65. The molecule has 2 heterocycles. The van der Waals surface area contributed by atoms with Crippen LogP contribution in [-0.2, 0) is 23.8 Å². The lowest BCUT2D eigenvalue weighted by Gasteiger charge is -2.27. The Morgan fingerprint density at radius 1 is 0.857 bits per heavy atom. The predicted octanol–water partition coefficient (Wildman–Crippen LogP) is 5.93. The number of nitrogens with one attached hydrogen (secondary N) is 2. The van der Waals surface area contributed by atoms with Gasteiger partial charge in [-0.05, 0) is 38.5 Å². The number of allylic oxidation sites excluding steroid dienone is 2. The zero-order valence-electron chi connectivity index (χ0n) is 25.2. The summed E-state index contributed by atoms with van der Waals surface area (Å²) in [5.41, 5.74) is 5.56. The smallest absolute Gasteiger partial charge is 0.309 e. The van der Waals surface area contributed by atoms with E-state index in [9.17, 15) is 14.4 Å². The molecule has 1 aliphatic heterocycles. The Morgan fingerprint density at radius 3 is 2.05 bits per heavy atom. The number of esters is 2. The van der Waals surface area contributed by atoms with Crippen LogP contribution in [-0.4, -0.2) is 48.2 Å². The number of hydrogen-bond donors (Lipinski definition) is 3. The van der Waals surface area contributed by atoms with Gasteiger partial charge in [0.25, 0.3) is 12.0 Å². The van der Waals surface area contributed by atoms with Gasteiger partial charge in [-0.25, -0.2) is 0 Å². The molecule has 236 valence electrons. The number of carbonyl (C=O) groups excluding carboxylic acids is 2. The number of aromatic nitrogens is 2. The number of rotatable bonds is 25. The molecule has 11 nitrogen and oxygen atoms in total. The number of nitrogen functional groups attached to an aromatic ring is 1. The summed E-state index contributed by atoms with van der Waals surface area (Å²) in [4.78, 5) is 45.2. The first-order chi connectivity index (χ1) is 20.5. The number of aromatic amines is 1. The summed E-state index contributed by atoms with van der Waals surface area (Å²) in [5.74, 6) is -0.419. The van der Waals surface area contributed by atoms with Crippen LogP contribution in [0.1, 0.15) is 109 Å². The molecule has 1 aromatic rings. The highest BCUT2D eigenvalue weighted by Crippen LogP contribution is 2.28. The van der Waals surface area contributed by atoms with Crippen LogP contribution in [0.15, 0.2) is 30.1 Å². The van der Waals surface area contributed by atoms with E-state index < -0.39 is 17.9 Å². The summed E-state index contributed by atoms with van der Waals surface area (Å²) < 4.78 is 16.9. The van der Waals surface area contributed by atoms with E-state index in [1.165, 1.54) is 19.3 Å². The molecule has 0 spiro atoms. The molecule has 0 aromatic carbocycles. The first kappa shape index (κ1) is 34.9. The third-order valence-electron chi connectivity index (χ3n) is 6.99. The molecule has 0 aliphatic carbocycles. The summed E-state index contributed by atoms with van der Waals surface area (Å²) in [5, 5.41) is 2.95. The van der Waals surface area contributed by atoms with Crippen molar-refractivity contribution in [3.63, 3.8) is 0 Å². The van der Waals surface area contributed by atoms with Crippen molar-refractivity contribution in [2.24, 2.45) is 0 Å². The van der Waals surface area contributed by atoms with Crippen molar-refractivity contribution in [3.8, 4) is 0 Å². The standard InChI is InChI=1S/C31H51N5O6/c1-3-5-7-9-11-13-15-17-20-25(37)40-22-19-23-41-31(36-24-33-27-28(36)34-30(32)35-29(27)39)42-26(38)21-18-16-14-12-10-8-6-4-2/h3-4,31,33H,1-2,5-24H2,(H3,32,34,35,39). The summed E-state index contributed by atoms with van der Waals surface area (Å²) in [6.45, 7) is 8.00. The van der Waals surface area contributed by atoms with Gasteiger partial charge in [-0.2, -0.15) is 4.98 Å². The minimum Gasteiger partial charge on any atom is -0.466 e. The van der Waals surface area contributed by atoms with Crippen LogP contribution < -0.4 is 21.5 Å². The lowest BCUT2D eigenvalue weighted by Crippen LogP contribution is -2.41. The number of unbranched alkanes of at least 4 members (excludes halogenated alkanes) is 12. The van der Waals surface area contributed by atoms with Gasteiger partial charge in [0, 0.05) is 19.3 Å². The Hall–Kier alpha value is -3.34. The van der Waals surface area contributed by atoms with Crippen LogP contribution in [0.4, 0.5) is 17.5 Å². The van der Waals surface area contributed by atoms with E-state index >= 15 is 0 Å². The van der Waals surface area contributed by atoms with Crippen LogP contribution in [0.5, 0.6) is 0 Å². The van der Waals surface area contributed by atoms with E-state index in [-0.39, 0.29) is 49.7 Å². The van der Waals surface area contributed by atoms with E-state index in [2.05, 4.69) is 28.4 Å². The highest BCUT2D eigenvalue weighted by atomic mass is 16.7. The number of carbonyl (C=O) groups is 2. The maximum absolute atomic E-state index is 12.7. The zero-order chi connectivity index (χ0) is 30.4. The second-order valence-electron chi connectivity index (χ2n) is 10.6. The minimum absolute atomic E-state index is 0.0507. The molecule has 1 unspecified atom stereocenters. The van der Waals surface area contributed by atoms with Crippen molar-refractivity contribution in [3.05, 3.63) is 35.7 Å². The quantitative estimate of drug-likeness (QED) is 0.0542. The van der Waals surface area contributed by atoms with E-state index in [0.717, 1.165) is 70.6 Å². The summed E-state index contributed by atoms with van der Waals surface area (Å²) >= 11 is 0. The molecule has 1 atom stereocenters. The fourth-order valence-electron chi connectivity index (χ4n) is 4.65. The second kappa shape index (κ2) is 21.4. The Morgan fingerprint density at radius 2 is 1.43 bits per heavy atom. The molecule has 1 aliphatic rings. The number of fused-ring (bicyclic) bond motifs is 1. The van der Waals surface area contributed by atoms with Crippen molar-refractivity contribution >= 4 is 29.4 Å². The van der Waals surface area contributed by atoms with Gasteiger partial charge in [0.05, 0.1) is 19.9 Å². The summed E-state index contributed by atoms with van der Waals surface area (Å²) in [7, 11) is 0. The number of nitrogens with zero attached hydrogens (tertiary/aromatic N) is 2. The maximum atomic E-state index is 12.7. The molecule has 2 rings (SSSR count). The van der Waals surface area contributed by atoms with Crippen molar-refractivity contribution in [2.45, 2.75) is 116 Å². The van der Waals surface area contributed by atoms with Gasteiger partial charge >= 0.3 is 11.9 Å². The van der Waals surface area contributed by atoms with Gasteiger partial charge in [0.1, 0.15) is 5.69 Å². The Labute approximate surface area is 250 Å². The number of ether oxygens (including phenoxy) is 3. The van der Waals surface area contributed by atoms with Crippen LogP contribution >= 0.6 is 0 Å². The average molecular weight is 590 g/mol. The molecular weight excluding hydrogens is 538 g/mol. The van der Waals surface area contributed by atoms with E-state index in [1.54, 1.807) is 4.90 Å². The molecule has 0 fully saturated rings. The molecule has 0 bridgehead atoms. The summed E-state index contributed by atoms with van der Waals surface area (Å²) in [6, 6.07) is 0. The third kappa shape index (κ3) is 14.0.